The Balaban J connectivity index is 2.28. The van der Waals surface area contributed by atoms with Crippen LogP contribution >= 0.6 is 0 Å². The van der Waals surface area contributed by atoms with E-state index in [1.807, 2.05) is 12.1 Å². The zero-order chi connectivity index (χ0) is 12.9. The van der Waals surface area contributed by atoms with Crippen LogP contribution in [-0.2, 0) is 16.2 Å². The van der Waals surface area contributed by atoms with Crippen LogP contribution in [0, 0.1) is 0 Å². The van der Waals surface area contributed by atoms with Crippen molar-refractivity contribution in [3.8, 4) is 0 Å². The fraction of sp³-hybridized carbons (Fsp3) is 0.417. The van der Waals surface area contributed by atoms with Gasteiger partial charge < -0.3 is 10.5 Å². The maximum absolute atomic E-state index is 11.2. The number of carbonyl (C=O) groups excluding carboxylic acids is 1. The van der Waals surface area contributed by atoms with Crippen molar-refractivity contribution >= 4 is 11.8 Å². The van der Waals surface area contributed by atoms with E-state index in [0.29, 0.717) is 5.69 Å². The lowest BCUT2D eigenvalue weighted by atomic mass is 10.2. The van der Waals surface area contributed by atoms with E-state index < -0.39 is 11.7 Å². The van der Waals surface area contributed by atoms with Crippen LogP contribution in [0.5, 0.6) is 0 Å². The normalized spacial score (nSPS) is 11.0. The minimum absolute atomic E-state index is 0.263. The van der Waals surface area contributed by atoms with Crippen LogP contribution in [0.1, 0.15) is 26.3 Å². The highest BCUT2D eigenvalue weighted by molar-refractivity contribution is 5.66. The molecule has 1 amide bonds. The summed E-state index contributed by atoms with van der Waals surface area (Å²) in [6, 6.07) is 7.19. The number of hydrogen-bond donors (Lipinski definition) is 2. The number of rotatable bonds is 3. The lowest BCUT2D eigenvalue weighted by Crippen LogP contribution is -2.32. The molecule has 1 aromatic carbocycles. The largest absolute Gasteiger partial charge is 0.442 e. The second-order valence-corrected chi connectivity index (χ2v) is 4.63. The van der Waals surface area contributed by atoms with Gasteiger partial charge >= 0.3 is 6.09 Å². The molecular formula is C12H18N2O3. The molecule has 0 bridgehead atoms. The summed E-state index contributed by atoms with van der Waals surface area (Å²) < 4.78 is 5.00. The third-order valence-electron chi connectivity index (χ3n) is 1.77. The van der Waals surface area contributed by atoms with Crippen molar-refractivity contribution in [3.63, 3.8) is 0 Å². The number of anilines is 1. The minimum Gasteiger partial charge on any atom is -0.442 e. The summed E-state index contributed by atoms with van der Waals surface area (Å²) in [5.74, 6) is 0. The third kappa shape index (κ3) is 5.77. The monoisotopic (exact) mass is 238 g/mol. The number of nitrogens with one attached hydrogen (secondary N) is 1. The van der Waals surface area contributed by atoms with Crippen molar-refractivity contribution in [2.75, 3.05) is 5.73 Å². The van der Waals surface area contributed by atoms with E-state index >= 15 is 0 Å². The van der Waals surface area contributed by atoms with Crippen molar-refractivity contribution < 1.29 is 14.4 Å². The van der Waals surface area contributed by atoms with Gasteiger partial charge in [-0.1, -0.05) is 12.1 Å². The first-order valence-corrected chi connectivity index (χ1v) is 5.32. The van der Waals surface area contributed by atoms with Gasteiger partial charge in [-0.2, -0.15) is 5.48 Å². The van der Waals surface area contributed by atoms with E-state index in [-0.39, 0.29) is 6.61 Å². The van der Waals surface area contributed by atoms with Gasteiger partial charge in [0.1, 0.15) is 5.60 Å². The molecule has 5 heteroatoms. The van der Waals surface area contributed by atoms with Gasteiger partial charge in [0.25, 0.3) is 0 Å². The predicted molar refractivity (Wildman–Crippen MR) is 65.0 cm³/mol. The number of nitrogen functional groups attached to an aromatic ring is 1. The number of nitrogens with two attached hydrogens (primary N) is 1. The molecule has 3 N–H and O–H groups in total. The summed E-state index contributed by atoms with van der Waals surface area (Å²) >= 11 is 0. The molecule has 1 aromatic rings. The predicted octanol–water partition coefficient (Wildman–Crippen LogP) is 2.23. The second kappa shape index (κ2) is 5.54. The molecule has 0 atom stereocenters. The van der Waals surface area contributed by atoms with E-state index in [0.717, 1.165) is 5.56 Å². The number of carbonyl (C=O) groups is 1. The summed E-state index contributed by atoms with van der Waals surface area (Å²) in [7, 11) is 0. The minimum atomic E-state index is -0.604. The molecule has 0 aliphatic carbocycles. The molecule has 94 valence electrons. The van der Waals surface area contributed by atoms with Gasteiger partial charge in [-0.25, -0.2) is 4.79 Å². The summed E-state index contributed by atoms with van der Waals surface area (Å²) in [6.45, 7) is 5.62. The highest BCUT2D eigenvalue weighted by Gasteiger charge is 2.15. The Hall–Kier alpha value is -1.75. The molecule has 17 heavy (non-hydrogen) atoms. The van der Waals surface area contributed by atoms with Gasteiger partial charge in [-0.3, -0.25) is 4.84 Å². The van der Waals surface area contributed by atoms with Gasteiger partial charge in [-0.15, -0.1) is 0 Å². The standard InChI is InChI=1S/C12H18N2O3/c1-12(2,3)17-11(15)14-16-8-9-4-6-10(13)7-5-9/h4-7H,8,13H2,1-3H3,(H,14,15). The smallest absolute Gasteiger partial charge is 0.431 e. The van der Waals surface area contributed by atoms with E-state index in [4.69, 9.17) is 15.3 Å². The van der Waals surface area contributed by atoms with E-state index in [1.54, 1.807) is 32.9 Å². The fourth-order valence-corrected chi connectivity index (χ4v) is 1.09. The molecule has 0 spiro atoms. The highest BCUT2D eigenvalue weighted by Crippen LogP contribution is 2.08. The molecule has 5 nitrogen and oxygen atoms in total. The van der Waals surface area contributed by atoms with Gasteiger partial charge in [-0.05, 0) is 38.5 Å². The Bertz CT molecular complexity index is 368. The number of benzene rings is 1. The van der Waals surface area contributed by atoms with Crippen LogP contribution in [0.4, 0.5) is 10.5 Å². The van der Waals surface area contributed by atoms with Crippen LogP contribution in [0.2, 0.25) is 0 Å². The van der Waals surface area contributed by atoms with Crippen LogP contribution < -0.4 is 11.2 Å². The van der Waals surface area contributed by atoms with Crippen LogP contribution in [0.3, 0.4) is 0 Å². The van der Waals surface area contributed by atoms with E-state index in [9.17, 15) is 4.79 Å². The summed E-state index contributed by atoms with van der Waals surface area (Å²) in [6.07, 6.45) is -0.604. The zero-order valence-electron chi connectivity index (χ0n) is 10.3. The maximum atomic E-state index is 11.2. The van der Waals surface area contributed by atoms with Crippen LogP contribution in [0.15, 0.2) is 24.3 Å². The molecule has 0 saturated carbocycles. The maximum Gasteiger partial charge on any atom is 0.431 e. The summed E-state index contributed by atoms with van der Waals surface area (Å²) in [5.41, 5.74) is 8.82. The average Bonchev–Trinajstić information content (AvgIpc) is 2.18. The van der Waals surface area contributed by atoms with Crippen molar-refractivity contribution in [3.05, 3.63) is 29.8 Å². The quantitative estimate of drug-likeness (QED) is 0.625. The molecule has 0 unspecified atom stereocenters. The first kappa shape index (κ1) is 13.3. The topological polar surface area (TPSA) is 73.6 Å². The van der Waals surface area contributed by atoms with Crippen molar-refractivity contribution in [2.45, 2.75) is 33.0 Å². The number of hydroxylamine groups is 1. The average molecular weight is 238 g/mol. The third-order valence-corrected chi connectivity index (χ3v) is 1.77. The molecule has 0 radical (unpaired) electrons. The SMILES string of the molecule is CC(C)(C)OC(=O)NOCc1ccc(N)cc1. The Kier molecular flexibility index (Phi) is 4.34. The Morgan fingerprint density at radius 2 is 1.88 bits per heavy atom. The van der Waals surface area contributed by atoms with Crippen molar-refractivity contribution in [1.29, 1.82) is 0 Å². The molecular weight excluding hydrogens is 220 g/mol. The first-order valence-electron chi connectivity index (χ1n) is 5.32. The Morgan fingerprint density at radius 3 is 2.41 bits per heavy atom. The molecule has 0 aliphatic heterocycles. The molecule has 0 fully saturated rings. The van der Waals surface area contributed by atoms with Gasteiger partial charge in [0.2, 0.25) is 0 Å². The number of amides is 1. The number of ether oxygens (including phenoxy) is 1. The molecule has 0 heterocycles. The lowest BCUT2D eigenvalue weighted by Gasteiger charge is -2.19. The second-order valence-electron chi connectivity index (χ2n) is 4.63. The molecule has 0 saturated heterocycles. The lowest BCUT2D eigenvalue weighted by molar-refractivity contribution is -0.0136. The van der Waals surface area contributed by atoms with Gasteiger partial charge in [0, 0.05) is 5.69 Å². The summed E-state index contributed by atoms with van der Waals surface area (Å²) in [4.78, 5) is 16.2. The van der Waals surface area contributed by atoms with E-state index in [2.05, 4.69) is 5.48 Å². The van der Waals surface area contributed by atoms with Crippen molar-refractivity contribution in [1.82, 2.24) is 5.48 Å². The molecule has 0 aliphatic rings. The first-order chi connectivity index (χ1) is 7.87. The van der Waals surface area contributed by atoms with Crippen molar-refractivity contribution in [2.24, 2.45) is 0 Å². The molecule has 1 rings (SSSR count). The van der Waals surface area contributed by atoms with Crippen LogP contribution in [-0.4, -0.2) is 11.7 Å². The Morgan fingerprint density at radius 1 is 1.29 bits per heavy atom. The zero-order valence-corrected chi connectivity index (χ0v) is 10.3. The van der Waals surface area contributed by atoms with Gasteiger partial charge in [0.15, 0.2) is 0 Å². The van der Waals surface area contributed by atoms with Crippen LogP contribution in [0.25, 0.3) is 0 Å². The van der Waals surface area contributed by atoms with E-state index in [1.165, 1.54) is 0 Å². The number of hydrogen-bond acceptors (Lipinski definition) is 4. The summed E-state index contributed by atoms with van der Waals surface area (Å²) in [5, 5.41) is 0. The Labute approximate surface area is 101 Å². The highest BCUT2D eigenvalue weighted by atomic mass is 16.7. The molecule has 0 aromatic heterocycles. The fourth-order valence-electron chi connectivity index (χ4n) is 1.09. The van der Waals surface area contributed by atoms with Gasteiger partial charge in [0.05, 0.1) is 6.61 Å².